The van der Waals surface area contributed by atoms with E-state index in [9.17, 15) is 4.79 Å². The molecule has 0 aromatic rings. The summed E-state index contributed by atoms with van der Waals surface area (Å²) in [6.45, 7) is 15.0. The number of carbonyl (C=O) groups is 1. The second-order valence-electron chi connectivity index (χ2n) is 6.15. The van der Waals surface area contributed by atoms with Gasteiger partial charge in [0.05, 0.1) is 6.54 Å². The molecule has 20 heavy (non-hydrogen) atoms. The molecule has 1 aliphatic rings. The zero-order chi connectivity index (χ0) is 15.0. The second-order valence-corrected chi connectivity index (χ2v) is 6.15. The summed E-state index contributed by atoms with van der Waals surface area (Å²) in [5.74, 6) is 0.152. The molecule has 1 amide bonds. The summed E-state index contributed by atoms with van der Waals surface area (Å²) < 4.78 is 0. The van der Waals surface area contributed by atoms with Gasteiger partial charge in [-0.25, -0.2) is 0 Å². The topological polar surface area (TPSA) is 47.6 Å². The Morgan fingerprint density at radius 2 is 1.90 bits per heavy atom. The molecule has 0 aromatic heterocycles. The fraction of sp³-hybridized carbons (Fsp3) is 0.933. The Morgan fingerprint density at radius 1 is 1.20 bits per heavy atom. The van der Waals surface area contributed by atoms with Crippen molar-refractivity contribution in [1.82, 2.24) is 20.4 Å². The van der Waals surface area contributed by atoms with E-state index in [2.05, 4.69) is 48.1 Å². The highest BCUT2D eigenvalue weighted by Gasteiger charge is 2.15. The molecule has 0 spiro atoms. The minimum Gasteiger partial charge on any atom is -0.354 e. The standard InChI is InChI=1S/C15H32N4O/c1-13(2)19(14(3)4)11-8-17-15(20)12-18-9-5-6-16-7-10-18/h13-14,16H,5-12H2,1-4H3,(H,17,20). The molecule has 1 rings (SSSR count). The van der Waals surface area contributed by atoms with E-state index in [4.69, 9.17) is 0 Å². The number of rotatable bonds is 7. The summed E-state index contributed by atoms with van der Waals surface area (Å²) >= 11 is 0. The number of nitrogens with one attached hydrogen (secondary N) is 2. The monoisotopic (exact) mass is 284 g/mol. The Bertz CT molecular complexity index is 265. The third kappa shape index (κ3) is 6.68. The second kappa shape index (κ2) is 9.32. The number of hydrogen-bond donors (Lipinski definition) is 2. The van der Waals surface area contributed by atoms with Gasteiger partial charge in [-0.3, -0.25) is 14.6 Å². The van der Waals surface area contributed by atoms with Crippen molar-refractivity contribution < 1.29 is 4.79 Å². The van der Waals surface area contributed by atoms with Gasteiger partial charge in [-0.1, -0.05) is 0 Å². The van der Waals surface area contributed by atoms with Crippen LogP contribution in [0.4, 0.5) is 0 Å². The predicted molar refractivity (Wildman–Crippen MR) is 83.9 cm³/mol. The van der Waals surface area contributed by atoms with Gasteiger partial charge in [0.25, 0.3) is 0 Å². The van der Waals surface area contributed by atoms with E-state index < -0.39 is 0 Å². The Balaban J connectivity index is 2.21. The highest BCUT2D eigenvalue weighted by atomic mass is 16.2. The average Bonchev–Trinajstić information content (AvgIpc) is 2.62. The van der Waals surface area contributed by atoms with Crippen LogP contribution in [0, 0.1) is 0 Å². The maximum Gasteiger partial charge on any atom is 0.234 e. The molecule has 5 heteroatoms. The number of carbonyl (C=O) groups excluding carboxylic acids is 1. The average molecular weight is 284 g/mol. The first kappa shape index (κ1) is 17.4. The van der Waals surface area contributed by atoms with Crippen LogP contribution in [0.3, 0.4) is 0 Å². The van der Waals surface area contributed by atoms with E-state index in [0.717, 1.165) is 45.7 Å². The first-order valence-electron chi connectivity index (χ1n) is 7.96. The first-order chi connectivity index (χ1) is 9.50. The van der Waals surface area contributed by atoms with Crippen LogP contribution in [-0.2, 0) is 4.79 Å². The van der Waals surface area contributed by atoms with Gasteiger partial charge in [-0.2, -0.15) is 0 Å². The molecule has 0 aliphatic carbocycles. The van der Waals surface area contributed by atoms with Crippen molar-refractivity contribution in [2.24, 2.45) is 0 Å². The smallest absolute Gasteiger partial charge is 0.234 e. The molecule has 0 atom stereocenters. The minimum atomic E-state index is 0.152. The van der Waals surface area contributed by atoms with Crippen molar-refractivity contribution in [2.45, 2.75) is 46.2 Å². The fourth-order valence-corrected chi connectivity index (χ4v) is 2.76. The van der Waals surface area contributed by atoms with Crippen LogP contribution in [0.1, 0.15) is 34.1 Å². The first-order valence-corrected chi connectivity index (χ1v) is 7.96. The van der Waals surface area contributed by atoms with Crippen molar-refractivity contribution in [3.8, 4) is 0 Å². The Kier molecular flexibility index (Phi) is 8.11. The van der Waals surface area contributed by atoms with E-state index in [1.54, 1.807) is 0 Å². The Labute approximate surface area is 124 Å². The quantitative estimate of drug-likeness (QED) is 0.715. The normalized spacial score (nSPS) is 17.8. The van der Waals surface area contributed by atoms with Crippen LogP contribution in [0.15, 0.2) is 0 Å². The van der Waals surface area contributed by atoms with Crippen molar-refractivity contribution in [3.63, 3.8) is 0 Å². The fourth-order valence-electron chi connectivity index (χ4n) is 2.76. The summed E-state index contributed by atoms with van der Waals surface area (Å²) in [6, 6.07) is 1.03. The van der Waals surface area contributed by atoms with E-state index in [-0.39, 0.29) is 5.91 Å². The Morgan fingerprint density at radius 3 is 2.55 bits per heavy atom. The Hall–Kier alpha value is -0.650. The molecule has 0 aromatic carbocycles. The molecule has 5 nitrogen and oxygen atoms in total. The molecule has 2 N–H and O–H groups in total. The molecule has 1 heterocycles. The highest BCUT2D eigenvalue weighted by Crippen LogP contribution is 2.03. The van der Waals surface area contributed by atoms with Crippen molar-refractivity contribution >= 4 is 5.91 Å². The third-order valence-electron chi connectivity index (χ3n) is 3.82. The minimum absolute atomic E-state index is 0.152. The van der Waals surface area contributed by atoms with Gasteiger partial charge in [-0.05, 0) is 47.2 Å². The molecule has 1 aliphatic heterocycles. The molecular formula is C15H32N4O. The van der Waals surface area contributed by atoms with Crippen molar-refractivity contribution in [1.29, 1.82) is 0 Å². The lowest BCUT2D eigenvalue weighted by atomic mass is 10.2. The molecule has 118 valence electrons. The SMILES string of the molecule is CC(C)N(CCNC(=O)CN1CCCNCC1)C(C)C. The van der Waals surface area contributed by atoms with E-state index in [1.165, 1.54) is 0 Å². The molecule has 0 bridgehead atoms. The van der Waals surface area contributed by atoms with Crippen LogP contribution in [0.2, 0.25) is 0 Å². The van der Waals surface area contributed by atoms with Gasteiger partial charge in [0.1, 0.15) is 0 Å². The number of nitrogens with zero attached hydrogens (tertiary/aromatic N) is 2. The van der Waals surface area contributed by atoms with Crippen LogP contribution in [0.25, 0.3) is 0 Å². The number of amides is 1. The van der Waals surface area contributed by atoms with Crippen LogP contribution in [-0.4, -0.2) is 73.6 Å². The third-order valence-corrected chi connectivity index (χ3v) is 3.82. The lowest BCUT2D eigenvalue weighted by Crippen LogP contribution is -2.44. The van der Waals surface area contributed by atoms with Crippen LogP contribution < -0.4 is 10.6 Å². The van der Waals surface area contributed by atoms with Gasteiger partial charge < -0.3 is 10.6 Å². The van der Waals surface area contributed by atoms with Gasteiger partial charge in [-0.15, -0.1) is 0 Å². The lowest BCUT2D eigenvalue weighted by Gasteiger charge is -2.30. The largest absolute Gasteiger partial charge is 0.354 e. The van der Waals surface area contributed by atoms with E-state index in [1.807, 2.05) is 0 Å². The van der Waals surface area contributed by atoms with Crippen LogP contribution in [0.5, 0.6) is 0 Å². The maximum atomic E-state index is 12.0. The highest BCUT2D eigenvalue weighted by molar-refractivity contribution is 5.78. The van der Waals surface area contributed by atoms with Gasteiger partial charge in [0.15, 0.2) is 0 Å². The van der Waals surface area contributed by atoms with Gasteiger partial charge in [0.2, 0.25) is 5.91 Å². The van der Waals surface area contributed by atoms with Crippen LogP contribution >= 0.6 is 0 Å². The summed E-state index contributed by atoms with van der Waals surface area (Å²) in [6.07, 6.45) is 1.13. The molecule has 0 radical (unpaired) electrons. The molecule has 1 fully saturated rings. The summed E-state index contributed by atoms with van der Waals surface area (Å²) in [5.41, 5.74) is 0. The van der Waals surface area contributed by atoms with Gasteiger partial charge in [0, 0.05) is 38.3 Å². The summed E-state index contributed by atoms with van der Waals surface area (Å²) in [4.78, 5) is 16.6. The van der Waals surface area contributed by atoms with Crippen molar-refractivity contribution in [2.75, 3.05) is 45.8 Å². The molecule has 1 saturated heterocycles. The molecule has 0 unspecified atom stereocenters. The molecular weight excluding hydrogens is 252 g/mol. The summed E-state index contributed by atoms with van der Waals surface area (Å²) in [7, 11) is 0. The zero-order valence-electron chi connectivity index (χ0n) is 13.6. The lowest BCUT2D eigenvalue weighted by molar-refractivity contribution is -0.122. The van der Waals surface area contributed by atoms with E-state index >= 15 is 0 Å². The maximum absolute atomic E-state index is 12.0. The van der Waals surface area contributed by atoms with Crippen molar-refractivity contribution in [3.05, 3.63) is 0 Å². The summed E-state index contributed by atoms with van der Waals surface area (Å²) in [5, 5.41) is 6.40. The van der Waals surface area contributed by atoms with Gasteiger partial charge >= 0.3 is 0 Å². The van der Waals surface area contributed by atoms with E-state index in [0.29, 0.717) is 18.6 Å². The molecule has 0 saturated carbocycles. The zero-order valence-corrected chi connectivity index (χ0v) is 13.6. The predicted octanol–water partition coefficient (Wildman–Crippen LogP) is 0.517. The number of hydrogen-bond acceptors (Lipinski definition) is 4.